The molecule has 5 rings (SSSR count). The third kappa shape index (κ3) is 5.81. The highest BCUT2D eigenvalue weighted by molar-refractivity contribution is 6.02. The van der Waals surface area contributed by atoms with Gasteiger partial charge in [-0.1, -0.05) is 18.2 Å². The molecule has 1 atom stereocenters. The third-order valence-electron chi connectivity index (χ3n) is 6.27. The number of amides is 2. The lowest BCUT2D eigenvalue weighted by Gasteiger charge is -2.24. The van der Waals surface area contributed by atoms with Crippen molar-refractivity contribution in [2.75, 3.05) is 62.5 Å². The first kappa shape index (κ1) is 25.3. The Labute approximate surface area is 213 Å². The molecule has 37 heavy (non-hydrogen) atoms. The summed E-state index contributed by atoms with van der Waals surface area (Å²) in [6, 6.07) is 4.48. The molecule has 2 fully saturated rings. The molecule has 9 nitrogen and oxygen atoms in total. The van der Waals surface area contributed by atoms with Crippen LogP contribution in [0.15, 0.2) is 53.6 Å². The molecular weight excluding hydrogens is 493 g/mol. The van der Waals surface area contributed by atoms with Gasteiger partial charge >= 0.3 is 6.09 Å². The van der Waals surface area contributed by atoms with E-state index in [1.807, 2.05) is 18.2 Å². The number of nitrogens with zero attached hydrogens (tertiary/aromatic N) is 3. The van der Waals surface area contributed by atoms with Crippen molar-refractivity contribution in [1.82, 2.24) is 10.4 Å². The van der Waals surface area contributed by atoms with Crippen LogP contribution in [0.4, 0.5) is 29.3 Å². The Balaban J connectivity index is 0.00000336. The Morgan fingerprint density at radius 3 is 2.95 bits per heavy atom. The molecule has 0 saturated carbocycles. The molecule has 1 N–H and O–H groups in total. The highest BCUT2D eigenvalue weighted by atomic mass is 19.3. The number of fused-ring (bicyclic) bond motifs is 1. The number of hydrogen-bond acceptors (Lipinski definition) is 7. The molecule has 0 spiro atoms. The summed E-state index contributed by atoms with van der Waals surface area (Å²) in [5.74, 6) is 0.308. The Morgan fingerprint density at radius 1 is 1.27 bits per heavy atom. The zero-order chi connectivity index (χ0) is 25.9. The van der Waals surface area contributed by atoms with E-state index in [1.165, 1.54) is 16.0 Å². The number of allylic oxidation sites excluding steroid dienone is 4. The monoisotopic (exact) mass is 521 g/mol. The van der Waals surface area contributed by atoms with E-state index in [0.717, 1.165) is 11.5 Å². The molecule has 199 valence electrons. The lowest BCUT2D eigenvalue weighted by Crippen LogP contribution is -2.35. The number of nitrogens with one attached hydrogen (secondary N) is 1. The van der Waals surface area contributed by atoms with Gasteiger partial charge in [-0.05, 0) is 29.8 Å². The summed E-state index contributed by atoms with van der Waals surface area (Å²) in [4.78, 5) is 34.0. The average molecular weight is 522 g/mol. The average Bonchev–Trinajstić information content (AvgIpc) is 3.63. The minimum Gasteiger partial charge on any atom is -0.443 e. The maximum Gasteiger partial charge on any atom is 0.414 e. The van der Waals surface area contributed by atoms with Gasteiger partial charge in [0.2, 0.25) is 0 Å². The van der Waals surface area contributed by atoms with Crippen LogP contribution in [-0.4, -0.2) is 82.3 Å². The maximum absolute atomic E-state index is 15.1. The van der Waals surface area contributed by atoms with E-state index in [0.29, 0.717) is 30.0 Å². The molecule has 1 aromatic rings. The smallest absolute Gasteiger partial charge is 0.414 e. The van der Waals surface area contributed by atoms with Crippen molar-refractivity contribution in [2.24, 2.45) is 0 Å². The molecule has 4 aliphatic rings. The van der Waals surface area contributed by atoms with Crippen LogP contribution < -0.4 is 15.1 Å². The SMILES string of the molecule is O=C(C1=CC=C[C]2C=C21)N1CCN(c2ccc(N3C[C@H](CNCOCC(F)F)OC3=O)cc2F)CCO1.[HH]. The number of anilines is 2. The zero-order valence-electron chi connectivity index (χ0n) is 19.9. The number of carbonyl (C=O) groups is 2. The number of benzene rings is 1. The van der Waals surface area contributed by atoms with Crippen LogP contribution in [0.2, 0.25) is 0 Å². The van der Waals surface area contributed by atoms with Gasteiger partial charge in [0.25, 0.3) is 12.3 Å². The van der Waals surface area contributed by atoms with E-state index >= 15 is 4.39 Å². The molecule has 2 amide bonds. The molecule has 2 aliphatic heterocycles. The molecule has 2 heterocycles. The number of hydroxylamine groups is 2. The highest BCUT2D eigenvalue weighted by Gasteiger charge is 2.35. The fraction of sp³-hybridized carbons (Fsp3) is 0.400. The van der Waals surface area contributed by atoms with Crippen molar-refractivity contribution in [1.29, 1.82) is 0 Å². The van der Waals surface area contributed by atoms with Crippen molar-refractivity contribution in [2.45, 2.75) is 12.5 Å². The van der Waals surface area contributed by atoms with Gasteiger partial charge in [-0.3, -0.25) is 19.8 Å². The van der Waals surface area contributed by atoms with E-state index < -0.39 is 31.0 Å². The third-order valence-corrected chi connectivity index (χ3v) is 6.27. The van der Waals surface area contributed by atoms with Crippen LogP contribution >= 0.6 is 0 Å². The maximum atomic E-state index is 15.1. The van der Waals surface area contributed by atoms with Crippen LogP contribution in [0.5, 0.6) is 0 Å². The van der Waals surface area contributed by atoms with Crippen LogP contribution in [0.25, 0.3) is 0 Å². The summed E-state index contributed by atoms with van der Waals surface area (Å²) in [5.41, 5.74) is 2.20. The molecule has 0 unspecified atom stereocenters. The number of halogens is 3. The van der Waals surface area contributed by atoms with Gasteiger partial charge in [0.1, 0.15) is 18.5 Å². The molecule has 12 heteroatoms. The number of rotatable bonds is 9. The first-order valence-corrected chi connectivity index (χ1v) is 11.9. The predicted octanol–water partition coefficient (Wildman–Crippen LogP) is 2.82. The standard InChI is InChI=1S/C25H26F3N4O5.H2/c26-21-11-17(31-13-18(37-25(31)34)12-29-15-35-14-23(27)28)4-5-22(21)30-6-7-32(36-9-8-30)24(33)19-3-1-2-16-10-20(16)19;/h1-5,10-11,18,23,29H,6-9,12-15H2;1H/t18-;/m0./s1. The zero-order valence-corrected chi connectivity index (χ0v) is 19.9. The summed E-state index contributed by atoms with van der Waals surface area (Å²) >= 11 is 0. The summed E-state index contributed by atoms with van der Waals surface area (Å²) in [7, 11) is 0. The van der Waals surface area contributed by atoms with E-state index in [4.69, 9.17) is 14.3 Å². The predicted molar refractivity (Wildman–Crippen MR) is 129 cm³/mol. The minimum atomic E-state index is -2.55. The molecule has 0 aromatic heterocycles. The molecule has 2 aliphatic carbocycles. The van der Waals surface area contributed by atoms with Gasteiger partial charge in [-0.2, -0.15) is 0 Å². The topological polar surface area (TPSA) is 83.6 Å². The van der Waals surface area contributed by atoms with Gasteiger partial charge in [0.15, 0.2) is 0 Å². The molecule has 0 bridgehead atoms. The second-order valence-corrected chi connectivity index (χ2v) is 8.79. The van der Waals surface area contributed by atoms with E-state index in [-0.39, 0.29) is 40.3 Å². The van der Waals surface area contributed by atoms with Gasteiger partial charge in [-0.25, -0.2) is 23.0 Å². The highest BCUT2D eigenvalue weighted by Crippen LogP contribution is 2.42. The fourth-order valence-corrected chi connectivity index (χ4v) is 4.40. The second-order valence-electron chi connectivity index (χ2n) is 8.79. The van der Waals surface area contributed by atoms with E-state index in [1.54, 1.807) is 23.1 Å². The molecule has 2 saturated heterocycles. The quantitative estimate of drug-likeness (QED) is 0.395. The van der Waals surface area contributed by atoms with Gasteiger partial charge < -0.3 is 14.4 Å². The van der Waals surface area contributed by atoms with Crippen molar-refractivity contribution in [3.8, 4) is 0 Å². The Bertz CT molecular complexity index is 1150. The van der Waals surface area contributed by atoms with Crippen LogP contribution in [0.3, 0.4) is 0 Å². The second kappa shape index (κ2) is 11.0. The van der Waals surface area contributed by atoms with E-state index in [9.17, 15) is 18.4 Å². The lowest BCUT2D eigenvalue weighted by atomic mass is 10.0. The number of alkyl halides is 2. The first-order valence-electron chi connectivity index (χ1n) is 11.9. The van der Waals surface area contributed by atoms with E-state index in [2.05, 4.69) is 5.32 Å². The number of ether oxygens (including phenoxy) is 2. The number of hydrogen-bond donors (Lipinski definition) is 1. The number of cyclic esters (lactones) is 1. The van der Waals surface area contributed by atoms with Gasteiger partial charge in [0, 0.05) is 32.6 Å². The summed E-state index contributed by atoms with van der Waals surface area (Å²) in [5, 5.41) is 4.11. The van der Waals surface area contributed by atoms with Crippen LogP contribution in [-0.2, 0) is 19.1 Å². The fourth-order valence-electron chi connectivity index (χ4n) is 4.40. The van der Waals surface area contributed by atoms with Crippen molar-refractivity contribution in [3.05, 3.63) is 65.4 Å². The van der Waals surface area contributed by atoms with Crippen LogP contribution in [0, 0.1) is 11.7 Å². The van der Waals surface area contributed by atoms with Gasteiger partial charge in [0.05, 0.1) is 37.8 Å². The Kier molecular flexibility index (Phi) is 7.49. The van der Waals surface area contributed by atoms with Gasteiger partial charge in [-0.15, -0.1) is 0 Å². The molecular formula is C25H28F3N4O5. The van der Waals surface area contributed by atoms with Crippen molar-refractivity contribution >= 4 is 23.4 Å². The number of carbonyl (C=O) groups excluding carboxylic acids is 2. The molecule has 1 radical (unpaired) electrons. The first-order chi connectivity index (χ1) is 17.9. The summed E-state index contributed by atoms with van der Waals surface area (Å²) in [6.07, 6.45) is 3.76. The van der Waals surface area contributed by atoms with Crippen LogP contribution in [0.1, 0.15) is 1.43 Å². The summed E-state index contributed by atoms with van der Waals surface area (Å²) in [6.45, 7) is 0.821. The van der Waals surface area contributed by atoms with Crippen molar-refractivity contribution in [3.63, 3.8) is 0 Å². The lowest BCUT2D eigenvalue weighted by molar-refractivity contribution is -0.177. The molecule has 1 aromatic carbocycles. The Morgan fingerprint density at radius 2 is 2.14 bits per heavy atom. The summed E-state index contributed by atoms with van der Waals surface area (Å²) < 4.78 is 49.3. The normalized spacial score (nSPS) is 21.6. The van der Waals surface area contributed by atoms with Crippen molar-refractivity contribution < 1.29 is 38.5 Å². The minimum absolute atomic E-state index is 0. The largest absolute Gasteiger partial charge is 0.443 e. The Hall–Kier alpha value is -3.35.